The molecule has 1 aromatic carbocycles. The Hall–Kier alpha value is -1.26. The number of carbonyl (C=O) groups excluding carboxylic acids is 2. The fourth-order valence-electron chi connectivity index (χ4n) is 3.28. The Labute approximate surface area is 198 Å². The first-order valence-electron chi connectivity index (χ1n) is 11.8. The Balaban J connectivity index is 1.91. The van der Waals surface area contributed by atoms with E-state index in [1.54, 1.807) is 18.2 Å². The second-order valence-corrected chi connectivity index (χ2v) is 8.77. The van der Waals surface area contributed by atoms with Crippen LogP contribution in [0.3, 0.4) is 0 Å². The first-order chi connectivity index (χ1) is 15.0. The molecule has 1 rings (SSSR count). The summed E-state index contributed by atoms with van der Waals surface area (Å²) in [7, 11) is 0. The van der Waals surface area contributed by atoms with Gasteiger partial charge >= 0.3 is 11.9 Å². The number of rotatable bonds is 18. The standard InChI is InChI=1S/C25H38Cl2O4/c1-2-3-4-5-10-13-19-30-23(28)17-11-8-6-7-9-12-18-24(29)31-20-21-15-14-16-22(26)25(21)27/h14-16H,2-13,17-20H2,1H3. The Kier molecular flexibility index (Phi) is 16.4. The average molecular weight is 473 g/mol. The van der Waals surface area contributed by atoms with Crippen LogP contribution in [0.1, 0.15) is 102 Å². The van der Waals surface area contributed by atoms with E-state index in [0.717, 1.165) is 51.4 Å². The lowest BCUT2D eigenvalue weighted by atomic mass is 10.1. The highest BCUT2D eigenvalue weighted by atomic mass is 35.5. The van der Waals surface area contributed by atoms with Crippen LogP contribution >= 0.6 is 23.2 Å². The van der Waals surface area contributed by atoms with E-state index in [4.69, 9.17) is 32.7 Å². The van der Waals surface area contributed by atoms with E-state index >= 15 is 0 Å². The van der Waals surface area contributed by atoms with Gasteiger partial charge in [-0.3, -0.25) is 9.59 Å². The zero-order chi connectivity index (χ0) is 22.7. The van der Waals surface area contributed by atoms with Crippen LogP contribution in [0.4, 0.5) is 0 Å². The van der Waals surface area contributed by atoms with E-state index < -0.39 is 0 Å². The van der Waals surface area contributed by atoms with Crippen molar-refractivity contribution < 1.29 is 19.1 Å². The third-order valence-corrected chi connectivity index (χ3v) is 6.05. The molecule has 6 heteroatoms. The Morgan fingerprint density at radius 3 is 1.94 bits per heavy atom. The van der Waals surface area contributed by atoms with Gasteiger partial charge < -0.3 is 9.47 Å². The third-order valence-electron chi connectivity index (χ3n) is 5.19. The maximum atomic E-state index is 11.8. The number of hydrogen-bond donors (Lipinski definition) is 0. The topological polar surface area (TPSA) is 52.6 Å². The second-order valence-electron chi connectivity index (χ2n) is 7.98. The monoisotopic (exact) mass is 472 g/mol. The highest BCUT2D eigenvalue weighted by Gasteiger charge is 2.08. The summed E-state index contributed by atoms with van der Waals surface area (Å²) in [6, 6.07) is 5.28. The molecule has 0 aliphatic carbocycles. The Morgan fingerprint density at radius 1 is 0.742 bits per heavy atom. The first kappa shape index (κ1) is 27.8. The van der Waals surface area contributed by atoms with E-state index in [1.165, 1.54) is 25.7 Å². The molecule has 1 aromatic rings. The molecule has 0 saturated carbocycles. The Morgan fingerprint density at radius 2 is 1.29 bits per heavy atom. The molecule has 0 aliphatic heterocycles. The number of ether oxygens (including phenoxy) is 2. The third kappa shape index (κ3) is 14.4. The van der Waals surface area contributed by atoms with Crippen LogP contribution in [0.2, 0.25) is 10.0 Å². The highest BCUT2D eigenvalue weighted by molar-refractivity contribution is 6.42. The molecule has 0 amide bonds. The van der Waals surface area contributed by atoms with Crippen molar-refractivity contribution in [1.29, 1.82) is 0 Å². The summed E-state index contributed by atoms with van der Waals surface area (Å²) >= 11 is 12.0. The molecule has 176 valence electrons. The van der Waals surface area contributed by atoms with E-state index in [0.29, 0.717) is 35.1 Å². The van der Waals surface area contributed by atoms with Crippen molar-refractivity contribution in [2.45, 2.75) is 103 Å². The summed E-state index contributed by atoms with van der Waals surface area (Å²) in [5.74, 6) is -0.291. The van der Waals surface area contributed by atoms with Gasteiger partial charge in [-0.05, 0) is 25.3 Å². The molecule has 4 nitrogen and oxygen atoms in total. The molecule has 0 saturated heterocycles. The number of benzene rings is 1. The molecule has 0 aromatic heterocycles. The van der Waals surface area contributed by atoms with E-state index in [-0.39, 0.29) is 18.5 Å². The number of halogens is 2. The zero-order valence-corrected chi connectivity index (χ0v) is 20.4. The van der Waals surface area contributed by atoms with Gasteiger partial charge in [-0.25, -0.2) is 0 Å². The van der Waals surface area contributed by atoms with E-state index in [2.05, 4.69) is 6.92 Å². The average Bonchev–Trinajstić information content (AvgIpc) is 2.76. The first-order valence-corrected chi connectivity index (χ1v) is 12.5. The number of unbranched alkanes of at least 4 members (excludes halogenated alkanes) is 10. The molecule has 0 spiro atoms. The van der Waals surface area contributed by atoms with Gasteiger partial charge in [0, 0.05) is 18.4 Å². The lowest BCUT2D eigenvalue weighted by Crippen LogP contribution is -2.05. The second kappa shape index (κ2) is 18.3. The lowest BCUT2D eigenvalue weighted by Gasteiger charge is -2.07. The largest absolute Gasteiger partial charge is 0.466 e. The van der Waals surface area contributed by atoms with Crippen LogP contribution in [-0.2, 0) is 25.7 Å². The molecule has 0 aliphatic rings. The van der Waals surface area contributed by atoms with E-state index in [1.807, 2.05) is 0 Å². The summed E-state index contributed by atoms with van der Waals surface area (Å²) in [4.78, 5) is 23.5. The molecule has 0 unspecified atom stereocenters. The summed E-state index contributed by atoms with van der Waals surface area (Å²) < 4.78 is 10.5. The van der Waals surface area contributed by atoms with E-state index in [9.17, 15) is 9.59 Å². The van der Waals surface area contributed by atoms with Crippen LogP contribution < -0.4 is 0 Å². The van der Waals surface area contributed by atoms with Crippen molar-refractivity contribution in [3.63, 3.8) is 0 Å². The Bertz CT molecular complexity index is 634. The molecular formula is C25H38Cl2O4. The molecule has 0 heterocycles. The quantitative estimate of drug-likeness (QED) is 0.160. The van der Waals surface area contributed by atoms with Gasteiger partial charge in [-0.2, -0.15) is 0 Å². The van der Waals surface area contributed by atoms with Crippen LogP contribution in [0.25, 0.3) is 0 Å². The SMILES string of the molecule is CCCCCCCCOC(=O)CCCCCCCCC(=O)OCc1cccc(Cl)c1Cl. The molecular weight excluding hydrogens is 435 g/mol. The molecule has 0 N–H and O–H groups in total. The predicted octanol–water partition coefficient (Wildman–Crippen LogP) is 8.06. The van der Waals surface area contributed by atoms with Crippen molar-refractivity contribution in [3.05, 3.63) is 33.8 Å². The maximum absolute atomic E-state index is 11.8. The lowest BCUT2D eigenvalue weighted by molar-refractivity contribution is -0.145. The minimum Gasteiger partial charge on any atom is -0.466 e. The van der Waals surface area contributed by atoms with Crippen LogP contribution in [-0.4, -0.2) is 18.5 Å². The van der Waals surface area contributed by atoms with Gasteiger partial charge in [0.1, 0.15) is 6.61 Å². The van der Waals surface area contributed by atoms with Gasteiger partial charge in [-0.15, -0.1) is 0 Å². The zero-order valence-electron chi connectivity index (χ0n) is 18.9. The van der Waals surface area contributed by atoms with Gasteiger partial charge in [0.05, 0.1) is 16.7 Å². The normalized spacial score (nSPS) is 10.8. The van der Waals surface area contributed by atoms with Crippen LogP contribution in [0.15, 0.2) is 18.2 Å². The van der Waals surface area contributed by atoms with Crippen molar-refractivity contribution >= 4 is 35.1 Å². The summed E-state index contributed by atoms with van der Waals surface area (Å²) in [5.41, 5.74) is 0.716. The maximum Gasteiger partial charge on any atom is 0.306 e. The van der Waals surface area contributed by atoms with Crippen LogP contribution in [0, 0.1) is 0 Å². The van der Waals surface area contributed by atoms with Gasteiger partial charge in [0.25, 0.3) is 0 Å². The van der Waals surface area contributed by atoms with Crippen molar-refractivity contribution in [1.82, 2.24) is 0 Å². The number of esters is 2. The summed E-state index contributed by atoms with van der Waals surface area (Å²) in [5, 5.41) is 0.893. The minimum absolute atomic E-state index is 0.0730. The highest BCUT2D eigenvalue weighted by Crippen LogP contribution is 2.26. The number of carbonyl (C=O) groups is 2. The smallest absolute Gasteiger partial charge is 0.306 e. The molecule has 0 bridgehead atoms. The van der Waals surface area contributed by atoms with Gasteiger partial charge in [-0.1, -0.05) is 100 Å². The summed E-state index contributed by atoms with van der Waals surface area (Å²) in [6.07, 6.45) is 13.9. The van der Waals surface area contributed by atoms with Crippen molar-refractivity contribution in [3.8, 4) is 0 Å². The summed E-state index contributed by atoms with van der Waals surface area (Å²) in [6.45, 7) is 2.91. The van der Waals surface area contributed by atoms with Crippen molar-refractivity contribution in [2.24, 2.45) is 0 Å². The van der Waals surface area contributed by atoms with Crippen molar-refractivity contribution in [2.75, 3.05) is 6.61 Å². The van der Waals surface area contributed by atoms with Gasteiger partial charge in [0.2, 0.25) is 0 Å². The molecule has 0 atom stereocenters. The predicted molar refractivity (Wildman–Crippen MR) is 128 cm³/mol. The fraction of sp³-hybridized carbons (Fsp3) is 0.680. The molecule has 31 heavy (non-hydrogen) atoms. The van der Waals surface area contributed by atoms with Gasteiger partial charge in [0.15, 0.2) is 0 Å². The minimum atomic E-state index is -0.218. The molecule has 0 fully saturated rings. The van der Waals surface area contributed by atoms with Crippen LogP contribution in [0.5, 0.6) is 0 Å². The molecule has 0 radical (unpaired) electrons. The number of hydrogen-bond acceptors (Lipinski definition) is 4. The fourth-order valence-corrected chi connectivity index (χ4v) is 3.65.